The number of ether oxygens (including phenoxy) is 1. The van der Waals surface area contributed by atoms with Crippen molar-refractivity contribution in [3.8, 4) is 0 Å². The third kappa shape index (κ3) is 3.79. The molecule has 0 aromatic heterocycles. The summed E-state index contributed by atoms with van der Waals surface area (Å²) in [6.45, 7) is 9.05. The number of carbonyl (C=O) groups is 1. The Kier molecular flexibility index (Phi) is 4.66. The van der Waals surface area contributed by atoms with Crippen molar-refractivity contribution in [2.45, 2.75) is 31.7 Å². The van der Waals surface area contributed by atoms with E-state index in [0.29, 0.717) is 5.70 Å². The van der Waals surface area contributed by atoms with Crippen molar-refractivity contribution in [1.29, 1.82) is 0 Å². The minimum absolute atomic E-state index is 0.0407. The normalized spacial score (nSPS) is 33.4. The van der Waals surface area contributed by atoms with E-state index >= 15 is 0 Å². The summed E-state index contributed by atoms with van der Waals surface area (Å²) >= 11 is 0. The molecule has 3 N–H and O–H groups in total. The first kappa shape index (κ1) is 16.3. The summed E-state index contributed by atoms with van der Waals surface area (Å²) in [5.74, 6) is -0.0407. The highest BCUT2D eigenvalue weighted by Gasteiger charge is 2.43. The van der Waals surface area contributed by atoms with E-state index in [4.69, 9.17) is 4.74 Å². The molecular weight excluding hydrogens is 287 g/mol. The molecule has 1 saturated heterocycles. The Balaban J connectivity index is 2.08. The standard InChI is InChI=1S/C15H25N2O3P/c1-9-13(18)12(6-7-21(3,4)5)20-14(9)11-8-16-15(19)17-10(11)2/h8-9,12-14,18H,2-3,6-7H2,1,4-5H3,(H2,16,17,19)/t9?,12-,13+,14-/m1/s1. The van der Waals surface area contributed by atoms with Gasteiger partial charge in [0.15, 0.2) is 0 Å². The molecular formula is C15H25N2O3P. The van der Waals surface area contributed by atoms with Gasteiger partial charge in [0.25, 0.3) is 0 Å². The summed E-state index contributed by atoms with van der Waals surface area (Å²) in [5.41, 5.74) is 1.33. The van der Waals surface area contributed by atoms with Gasteiger partial charge in [0.05, 0.1) is 18.3 Å². The van der Waals surface area contributed by atoms with Crippen LogP contribution in [0, 0.1) is 5.92 Å². The lowest BCUT2D eigenvalue weighted by Crippen LogP contribution is -2.40. The van der Waals surface area contributed by atoms with Gasteiger partial charge in [-0.3, -0.25) is 0 Å². The number of aliphatic hydroxyl groups is 1. The summed E-state index contributed by atoms with van der Waals surface area (Å²) in [6.07, 6.45) is 6.67. The van der Waals surface area contributed by atoms with Crippen LogP contribution in [0.25, 0.3) is 0 Å². The third-order valence-electron chi connectivity index (χ3n) is 4.02. The molecule has 1 fully saturated rings. The van der Waals surface area contributed by atoms with Crippen LogP contribution in [0.2, 0.25) is 0 Å². The molecule has 1 unspecified atom stereocenters. The summed E-state index contributed by atoms with van der Waals surface area (Å²) in [4.78, 5) is 11.2. The van der Waals surface area contributed by atoms with E-state index in [9.17, 15) is 9.90 Å². The second kappa shape index (κ2) is 5.99. The molecule has 0 spiro atoms. The topological polar surface area (TPSA) is 70.6 Å². The lowest BCUT2D eigenvalue weighted by molar-refractivity contribution is 0.0201. The van der Waals surface area contributed by atoms with E-state index in [0.717, 1.165) is 18.2 Å². The first-order chi connectivity index (χ1) is 9.69. The molecule has 2 heterocycles. The van der Waals surface area contributed by atoms with Gasteiger partial charge in [-0.1, -0.05) is 13.5 Å². The van der Waals surface area contributed by atoms with Gasteiger partial charge in [-0.25, -0.2) is 4.79 Å². The van der Waals surface area contributed by atoms with E-state index in [-0.39, 0.29) is 24.2 Å². The molecule has 2 aliphatic rings. The minimum atomic E-state index is -1.13. The second-order valence-corrected chi connectivity index (χ2v) is 10.9. The van der Waals surface area contributed by atoms with Gasteiger partial charge in [-0.05, 0) is 25.9 Å². The van der Waals surface area contributed by atoms with Crippen LogP contribution in [0.4, 0.5) is 4.79 Å². The molecule has 0 aliphatic carbocycles. The van der Waals surface area contributed by atoms with E-state index in [1.807, 2.05) is 6.92 Å². The van der Waals surface area contributed by atoms with Gasteiger partial charge in [-0.15, -0.1) is 13.2 Å². The molecule has 0 bridgehead atoms. The molecule has 6 heteroatoms. The maximum atomic E-state index is 11.2. The predicted octanol–water partition coefficient (Wildman–Crippen LogP) is 1.56. The van der Waals surface area contributed by atoms with Crippen molar-refractivity contribution in [2.75, 3.05) is 19.5 Å². The average molecular weight is 312 g/mol. The van der Waals surface area contributed by atoms with Crippen LogP contribution in [-0.2, 0) is 4.74 Å². The number of amides is 2. The molecule has 2 amide bonds. The fourth-order valence-electron chi connectivity index (χ4n) is 2.71. The van der Waals surface area contributed by atoms with Gasteiger partial charge in [-0.2, -0.15) is 0 Å². The summed E-state index contributed by atoms with van der Waals surface area (Å²) in [7, 11) is 0. The Hall–Kier alpha value is -1.03. The van der Waals surface area contributed by atoms with Crippen LogP contribution >= 0.6 is 6.89 Å². The molecule has 0 radical (unpaired) electrons. The number of hydrogen-bond donors (Lipinski definition) is 3. The number of hydrogen-bond acceptors (Lipinski definition) is 3. The first-order valence-corrected chi connectivity index (χ1v) is 10.2. The predicted molar refractivity (Wildman–Crippen MR) is 88.1 cm³/mol. The Morgan fingerprint density at radius 3 is 2.71 bits per heavy atom. The van der Waals surface area contributed by atoms with Crippen LogP contribution < -0.4 is 10.6 Å². The van der Waals surface area contributed by atoms with Crippen LogP contribution in [0.3, 0.4) is 0 Å². The van der Waals surface area contributed by atoms with E-state index in [2.05, 4.69) is 36.8 Å². The summed E-state index contributed by atoms with van der Waals surface area (Å²) in [6, 6.07) is -0.296. The first-order valence-electron chi connectivity index (χ1n) is 7.17. The fourth-order valence-corrected chi connectivity index (χ4v) is 3.67. The monoisotopic (exact) mass is 312 g/mol. The van der Waals surface area contributed by atoms with Crippen LogP contribution in [-0.4, -0.2) is 55.2 Å². The maximum Gasteiger partial charge on any atom is 0.323 e. The van der Waals surface area contributed by atoms with Gasteiger partial charge >= 0.3 is 6.03 Å². The summed E-state index contributed by atoms with van der Waals surface area (Å²) in [5, 5.41) is 15.6. The van der Waals surface area contributed by atoms with Crippen molar-refractivity contribution in [2.24, 2.45) is 5.92 Å². The van der Waals surface area contributed by atoms with Crippen molar-refractivity contribution >= 4 is 19.2 Å². The van der Waals surface area contributed by atoms with Crippen LogP contribution in [0.15, 0.2) is 24.0 Å². The number of rotatable bonds is 4. The van der Waals surface area contributed by atoms with Gasteiger partial charge in [0.1, 0.15) is 0 Å². The zero-order valence-corrected chi connectivity index (χ0v) is 13.8. The Bertz CT molecular complexity index is 523. The number of nitrogens with one attached hydrogen (secondary N) is 2. The number of aliphatic hydroxyl groups excluding tert-OH is 1. The van der Waals surface area contributed by atoms with Gasteiger partial charge in [0, 0.05) is 23.4 Å². The third-order valence-corrected chi connectivity index (χ3v) is 5.48. The second-order valence-electron chi connectivity index (χ2n) is 6.57. The average Bonchev–Trinajstić information content (AvgIpc) is 2.64. The highest BCUT2D eigenvalue weighted by Crippen LogP contribution is 2.40. The lowest BCUT2D eigenvalue weighted by atomic mass is 9.92. The lowest BCUT2D eigenvalue weighted by Gasteiger charge is -2.25. The summed E-state index contributed by atoms with van der Waals surface area (Å²) < 4.78 is 6.05. The molecule has 2 aliphatic heterocycles. The molecule has 21 heavy (non-hydrogen) atoms. The molecule has 0 aromatic rings. The molecule has 2 rings (SSSR count). The Morgan fingerprint density at radius 1 is 1.48 bits per heavy atom. The molecule has 4 atom stereocenters. The highest BCUT2D eigenvalue weighted by molar-refractivity contribution is 7.72. The van der Waals surface area contributed by atoms with Crippen LogP contribution in [0.5, 0.6) is 0 Å². The van der Waals surface area contributed by atoms with Crippen LogP contribution in [0.1, 0.15) is 13.3 Å². The smallest absolute Gasteiger partial charge is 0.323 e. The van der Waals surface area contributed by atoms with E-state index < -0.39 is 13.0 Å². The van der Waals surface area contributed by atoms with Crippen molar-refractivity contribution in [3.63, 3.8) is 0 Å². The van der Waals surface area contributed by atoms with E-state index in [1.54, 1.807) is 6.20 Å². The fraction of sp³-hybridized carbons (Fsp3) is 0.600. The van der Waals surface area contributed by atoms with E-state index in [1.165, 1.54) is 0 Å². The zero-order valence-electron chi connectivity index (χ0n) is 12.9. The number of urea groups is 1. The van der Waals surface area contributed by atoms with Gasteiger partial charge in [0.2, 0.25) is 0 Å². The Labute approximate surface area is 126 Å². The van der Waals surface area contributed by atoms with Gasteiger partial charge < -0.3 is 20.5 Å². The highest BCUT2D eigenvalue weighted by atomic mass is 31.2. The molecule has 118 valence electrons. The van der Waals surface area contributed by atoms with Crippen molar-refractivity contribution < 1.29 is 14.6 Å². The van der Waals surface area contributed by atoms with Crippen molar-refractivity contribution in [3.05, 3.63) is 24.0 Å². The number of carbonyl (C=O) groups excluding carboxylic acids is 1. The molecule has 0 aromatic carbocycles. The van der Waals surface area contributed by atoms with Crippen molar-refractivity contribution in [1.82, 2.24) is 10.6 Å². The largest absolute Gasteiger partial charge is 0.390 e. The molecule has 0 saturated carbocycles. The zero-order chi connectivity index (χ0) is 15.8. The quantitative estimate of drug-likeness (QED) is 0.690. The molecule has 5 nitrogen and oxygen atoms in total. The maximum absolute atomic E-state index is 11.2. The minimum Gasteiger partial charge on any atom is -0.390 e. The Morgan fingerprint density at radius 2 is 2.14 bits per heavy atom. The SMILES string of the molecule is C=C1NC(=O)NC=C1[C@@H]1O[C@H](CCP(=C)(C)C)[C@@H](O)C1C.